The quantitative estimate of drug-likeness (QED) is 0.539. The van der Waals surface area contributed by atoms with Crippen LogP contribution in [0.5, 0.6) is 0 Å². The molecule has 0 aliphatic heterocycles. The van der Waals surface area contributed by atoms with Crippen molar-refractivity contribution in [3.05, 3.63) is 71.4 Å². The fraction of sp³-hybridized carbons (Fsp3) is 0.273. The Hall–Kier alpha value is -3.13. The van der Waals surface area contributed by atoms with Crippen LogP contribution in [0, 0.1) is 6.92 Å². The molecular formula is C22H24N4O3S. The molecule has 0 aliphatic carbocycles. The maximum absolute atomic E-state index is 12.8. The van der Waals surface area contributed by atoms with Crippen LogP contribution >= 0.6 is 11.8 Å². The molecule has 3 rings (SSSR count). The number of benzene rings is 2. The first-order chi connectivity index (χ1) is 14.5. The van der Waals surface area contributed by atoms with E-state index < -0.39 is 0 Å². The second-order valence-corrected chi connectivity index (χ2v) is 7.55. The first-order valence-corrected chi connectivity index (χ1v) is 10.7. The van der Waals surface area contributed by atoms with Crippen molar-refractivity contribution in [2.45, 2.75) is 31.4 Å². The van der Waals surface area contributed by atoms with Crippen molar-refractivity contribution in [3.8, 4) is 0 Å². The van der Waals surface area contributed by atoms with Crippen LogP contribution in [0.15, 0.2) is 57.9 Å². The number of carbonyl (C=O) groups is 2. The van der Waals surface area contributed by atoms with Crippen molar-refractivity contribution in [1.82, 2.24) is 15.0 Å². The average molecular weight is 425 g/mol. The normalized spacial score (nSPS) is 10.6. The molecular weight excluding hydrogens is 400 g/mol. The van der Waals surface area contributed by atoms with Gasteiger partial charge in [-0.15, -0.1) is 11.8 Å². The minimum atomic E-state index is -0.220. The highest BCUT2D eigenvalue weighted by Crippen LogP contribution is 2.26. The van der Waals surface area contributed by atoms with E-state index in [0.29, 0.717) is 47.4 Å². The molecule has 0 saturated heterocycles. The van der Waals surface area contributed by atoms with Gasteiger partial charge >= 0.3 is 0 Å². The van der Waals surface area contributed by atoms with Gasteiger partial charge in [-0.05, 0) is 57.2 Å². The number of hydrogen-bond acceptors (Lipinski definition) is 6. The fourth-order valence-corrected chi connectivity index (χ4v) is 3.79. The summed E-state index contributed by atoms with van der Waals surface area (Å²) in [5.74, 6) is 1.34. The molecule has 1 heterocycles. The molecule has 30 heavy (non-hydrogen) atoms. The molecule has 2 amide bonds. The number of amides is 2. The molecule has 0 saturated carbocycles. The van der Waals surface area contributed by atoms with Gasteiger partial charge in [0, 0.05) is 29.2 Å². The van der Waals surface area contributed by atoms with E-state index in [2.05, 4.69) is 15.5 Å². The number of thioether (sulfide) groups is 1. The number of anilines is 1. The van der Waals surface area contributed by atoms with Gasteiger partial charge in [0.1, 0.15) is 0 Å². The van der Waals surface area contributed by atoms with E-state index in [1.54, 1.807) is 42.2 Å². The van der Waals surface area contributed by atoms with Crippen LogP contribution in [-0.4, -0.2) is 39.9 Å². The van der Waals surface area contributed by atoms with Crippen LogP contribution in [0.4, 0.5) is 5.69 Å². The number of carbonyl (C=O) groups excluding carboxylic acids is 2. The van der Waals surface area contributed by atoms with Crippen LogP contribution in [-0.2, 0) is 5.75 Å². The average Bonchev–Trinajstić information content (AvgIpc) is 3.19. The number of nitrogens with one attached hydrogen (secondary N) is 1. The van der Waals surface area contributed by atoms with Crippen LogP contribution in [0.3, 0.4) is 0 Å². The second-order valence-electron chi connectivity index (χ2n) is 6.53. The summed E-state index contributed by atoms with van der Waals surface area (Å²) in [6.07, 6.45) is 0. The molecule has 156 valence electrons. The lowest BCUT2D eigenvalue weighted by Gasteiger charge is -2.18. The third kappa shape index (κ3) is 5.27. The van der Waals surface area contributed by atoms with Crippen molar-refractivity contribution in [2.75, 3.05) is 18.4 Å². The largest absolute Gasteiger partial charge is 0.339 e. The molecule has 0 fully saturated rings. The van der Waals surface area contributed by atoms with Gasteiger partial charge in [-0.3, -0.25) is 9.59 Å². The summed E-state index contributed by atoms with van der Waals surface area (Å²) in [6, 6.07) is 14.3. The maximum Gasteiger partial charge on any atom is 0.256 e. The van der Waals surface area contributed by atoms with Crippen molar-refractivity contribution in [1.29, 1.82) is 0 Å². The summed E-state index contributed by atoms with van der Waals surface area (Å²) < 4.78 is 5.13. The molecule has 8 heteroatoms. The number of nitrogens with zero attached hydrogens (tertiary/aromatic N) is 3. The van der Waals surface area contributed by atoms with E-state index in [4.69, 9.17) is 4.52 Å². The summed E-state index contributed by atoms with van der Waals surface area (Å²) >= 11 is 1.46. The van der Waals surface area contributed by atoms with Crippen molar-refractivity contribution in [2.24, 2.45) is 0 Å². The Labute approximate surface area is 179 Å². The van der Waals surface area contributed by atoms with Gasteiger partial charge in [-0.25, -0.2) is 0 Å². The highest BCUT2D eigenvalue weighted by Gasteiger charge is 2.15. The third-order valence-electron chi connectivity index (χ3n) is 4.49. The van der Waals surface area contributed by atoms with Gasteiger partial charge in [0.05, 0.1) is 11.3 Å². The second kappa shape index (κ2) is 10.1. The Morgan fingerprint density at radius 1 is 1.07 bits per heavy atom. The Morgan fingerprint density at radius 3 is 2.40 bits per heavy atom. The zero-order valence-corrected chi connectivity index (χ0v) is 18.0. The Balaban J connectivity index is 1.68. The van der Waals surface area contributed by atoms with Gasteiger partial charge in [0.25, 0.3) is 11.8 Å². The van der Waals surface area contributed by atoms with Crippen molar-refractivity contribution in [3.63, 3.8) is 0 Å². The number of hydrogen-bond donors (Lipinski definition) is 1. The lowest BCUT2D eigenvalue weighted by atomic mass is 10.1. The third-order valence-corrected chi connectivity index (χ3v) is 5.55. The number of aromatic nitrogens is 2. The minimum absolute atomic E-state index is 0.0177. The smallest absolute Gasteiger partial charge is 0.256 e. The molecule has 0 unspecified atom stereocenters. The highest BCUT2D eigenvalue weighted by molar-refractivity contribution is 7.98. The Kier molecular flexibility index (Phi) is 7.24. The van der Waals surface area contributed by atoms with Gasteiger partial charge < -0.3 is 14.7 Å². The minimum Gasteiger partial charge on any atom is -0.339 e. The summed E-state index contributed by atoms with van der Waals surface area (Å²) in [7, 11) is 0. The summed E-state index contributed by atoms with van der Waals surface area (Å²) in [4.78, 5) is 32.0. The van der Waals surface area contributed by atoms with Gasteiger partial charge in [-0.2, -0.15) is 4.98 Å². The van der Waals surface area contributed by atoms with E-state index in [9.17, 15) is 9.59 Å². The van der Waals surface area contributed by atoms with E-state index in [0.717, 1.165) is 4.90 Å². The molecule has 1 aromatic heterocycles. The predicted octanol–water partition coefficient (Wildman–Crippen LogP) is 4.40. The molecule has 1 N–H and O–H groups in total. The molecule has 7 nitrogen and oxygen atoms in total. The monoisotopic (exact) mass is 424 g/mol. The van der Waals surface area contributed by atoms with E-state index >= 15 is 0 Å². The maximum atomic E-state index is 12.8. The molecule has 0 bridgehead atoms. The van der Waals surface area contributed by atoms with E-state index in [-0.39, 0.29) is 11.8 Å². The van der Waals surface area contributed by atoms with Gasteiger partial charge in [-0.1, -0.05) is 17.3 Å². The Morgan fingerprint density at radius 2 is 1.77 bits per heavy atom. The summed E-state index contributed by atoms with van der Waals surface area (Å²) in [6.45, 7) is 6.98. The molecule has 3 aromatic rings. The van der Waals surface area contributed by atoms with Crippen LogP contribution < -0.4 is 5.32 Å². The Bertz CT molecular complexity index is 1010. The zero-order valence-electron chi connectivity index (χ0n) is 17.2. The lowest BCUT2D eigenvalue weighted by Crippen LogP contribution is -2.30. The van der Waals surface area contributed by atoms with Crippen LogP contribution in [0.25, 0.3) is 0 Å². The highest BCUT2D eigenvalue weighted by atomic mass is 32.2. The molecule has 0 radical (unpaired) electrons. The van der Waals surface area contributed by atoms with Crippen molar-refractivity contribution >= 4 is 29.3 Å². The molecule has 0 aliphatic rings. The first-order valence-electron chi connectivity index (χ1n) is 9.73. The zero-order chi connectivity index (χ0) is 21.5. The SMILES string of the molecule is CCN(CC)C(=O)c1ccc(NC(=O)c2ccccc2SCc2nc(C)no2)cc1. The van der Waals surface area contributed by atoms with Gasteiger partial charge in [0.2, 0.25) is 5.89 Å². The number of aryl methyl sites for hydroxylation is 1. The van der Waals surface area contributed by atoms with Crippen LogP contribution in [0.1, 0.15) is 46.3 Å². The molecule has 0 atom stereocenters. The topological polar surface area (TPSA) is 88.3 Å². The predicted molar refractivity (Wildman–Crippen MR) is 117 cm³/mol. The molecule has 2 aromatic carbocycles. The van der Waals surface area contributed by atoms with E-state index in [1.165, 1.54) is 11.8 Å². The fourth-order valence-electron chi connectivity index (χ4n) is 2.91. The van der Waals surface area contributed by atoms with Gasteiger partial charge in [0.15, 0.2) is 5.82 Å². The van der Waals surface area contributed by atoms with Crippen LogP contribution in [0.2, 0.25) is 0 Å². The standard InChI is InChI=1S/C22H24N4O3S/c1-4-26(5-2)22(28)16-10-12-17(13-11-16)24-21(27)18-8-6-7-9-19(18)30-14-20-23-15(3)25-29-20/h6-13H,4-5,14H2,1-3H3,(H,24,27). The molecule has 0 spiro atoms. The summed E-state index contributed by atoms with van der Waals surface area (Å²) in [5, 5.41) is 6.67. The first kappa shape index (κ1) is 21.6. The number of rotatable bonds is 8. The van der Waals surface area contributed by atoms with Crippen molar-refractivity contribution < 1.29 is 14.1 Å². The lowest BCUT2D eigenvalue weighted by molar-refractivity contribution is 0.0773. The summed E-state index contributed by atoms with van der Waals surface area (Å²) in [5.41, 5.74) is 1.79. The van der Waals surface area contributed by atoms with E-state index in [1.807, 2.05) is 32.0 Å².